The van der Waals surface area contributed by atoms with Crippen LogP contribution in [0.5, 0.6) is 23.0 Å². The second-order valence-electron chi connectivity index (χ2n) is 10.1. The molecule has 6 heteroatoms. The summed E-state index contributed by atoms with van der Waals surface area (Å²) in [6, 6.07) is 12.5. The fraction of sp³-hybridized carbons (Fsp3) is 0.600. The zero-order valence-corrected chi connectivity index (χ0v) is 23.0. The molecule has 200 valence electrons. The lowest BCUT2D eigenvalue weighted by Crippen LogP contribution is -2.41. The molecule has 6 nitrogen and oxygen atoms in total. The highest BCUT2D eigenvalue weighted by Gasteiger charge is 2.34. The molecule has 4 rings (SSSR count). The number of ether oxygens (including phenoxy) is 4. The lowest BCUT2D eigenvalue weighted by molar-refractivity contribution is 0.249. The molecular formula is C30H46N2O4. The van der Waals surface area contributed by atoms with Crippen molar-refractivity contribution in [1.29, 1.82) is 0 Å². The van der Waals surface area contributed by atoms with Gasteiger partial charge >= 0.3 is 0 Å². The normalized spacial score (nSPS) is 18.4. The molecule has 0 bridgehead atoms. The third kappa shape index (κ3) is 6.09. The summed E-state index contributed by atoms with van der Waals surface area (Å²) in [5.41, 5.74) is 8.91. The standard InChI is InChI=1S/2C15H23NO2/c1-16-15(9-5-4-6-10-15)12-7-8-13(17-2)14(11-12)18-3;1-17-13-7-6-12(10-14(13)18-2)15(11-16)8-4-3-5-9-15/h7-8,11,16H,4-6,9-10H2,1-3H3;6-7,10H,3-5,8-9,11,16H2,1-2H3. The van der Waals surface area contributed by atoms with E-state index in [1.807, 2.05) is 12.1 Å². The van der Waals surface area contributed by atoms with E-state index >= 15 is 0 Å². The molecule has 0 heterocycles. The van der Waals surface area contributed by atoms with Crippen molar-refractivity contribution in [3.63, 3.8) is 0 Å². The molecular weight excluding hydrogens is 452 g/mol. The molecule has 0 spiro atoms. The second-order valence-corrected chi connectivity index (χ2v) is 10.1. The molecule has 2 aromatic rings. The molecule has 0 radical (unpaired) electrons. The zero-order chi connectivity index (χ0) is 26.0. The van der Waals surface area contributed by atoms with Crippen LogP contribution in [0.25, 0.3) is 0 Å². The summed E-state index contributed by atoms with van der Waals surface area (Å²) in [6.45, 7) is 0.711. The highest BCUT2D eigenvalue weighted by Crippen LogP contribution is 2.42. The number of methoxy groups -OCH3 is 4. The Hall–Kier alpha value is -2.44. The second kappa shape index (κ2) is 13.2. The van der Waals surface area contributed by atoms with E-state index in [4.69, 9.17) is 24.7 Å². The maximum Gasteiger partial charge on any atom is 0.161 e. The van der Waals surface area contributed by atoms with Gasteiger partial charge in [-0.2, -0.15) is 0 Å². The highest BCUT2D eigenvalue weighted by atomic mass is 16.5. The summed E-state index contributed by atoms with van der Waals surface area (Å²) in [5, 5.41) is 3.53. The predicted octanol–water partition coefficient (Wildman–Crippen LogP) is 5.95. The molecule has 2 aromatic carbocycles. The van der Waals surface area contributed by atoms with Gasteiger partial charge in [0, 0.05) is 17.5 Å². The van der Waals surface area contributed by atoms with Crippen molar-refractivity contribution in [3.8, 4) is 23.0 Å². The smallest absolute Gasteiger partial charge is 0.161 e. The first-order valence-electron chi connectivity index (χ1n) is 13.4. The number of rotatable bonds is 8. The fourth-order valence-corrected chi connectivity index (χ4v) is 5.98. The number of nitrogens with two attached hydrogens (primary N) is 1. The first-order valence-corrected chi connectivity index (χ1v) is 13.4. The van der Waals surface area contributed by atoms with E-state index in [9.17, 15) is 0 Å². The van der Waals surface area contributed by atoms with E-state index < -0.39 is 0 Å². The number of nitrogens with one attached hydrogen (secondary N) is 1. The molecule has 2 fully saturated rings. The van der Waals surface area contributed by atoms with Crippen molar-refractivity contribution in [1.82, 2.24) is 5.32 Å². The van der Waals surface area contributed by atoms with Crippen LogP contribution >= 0.6 is 0 Å². The van der Waals surface area contributed by atoms with E-state index in [0.29, 0.717) is 6.54 Å². The van der Waals surface area contributed by atoms with Gasteiger partial charge in [0.05, 0.1) is 28.4 Å². The van der Waals surface area contributed by atoms with Gasteiger partial charge in [0.1, 0.15) is 0 Å². The summed E-state index contributed by atoms with van der Waals surface area (Å²) in [5.74, 6) is 3.19. The molecule has 0 atom stereocenters. The minimum atomic E-state index is 0.109. The quantitative estimate of drug-likeness (QED) is 0.469. The molecule has 0 aromatic heterocycles. The van der Waals surface area contributed by atoms with Gasteiger partial charge in [-0.05, 0) is 68.1 Å². The van der Waals surface area contributed by atoms with Gasteiger partial charge in [-0.3, -0.25) is 0 Å². The Morgan fingerprint density at radius 1 is 0.639 bits per heavy atom. The van der Waals surface area contributed by atoms with Gasteiger partial charge in [-0.25, -0.2) is 0 Å². The van der Waals surface area contributed by atoms with Crippen molar-refractivity contribution in [3.05, 3.63) is 47.5 Å². The maximum atomic E-state index is 6.06. The third-order valence-electron chi connectivity index (χ3n) is 8.32. The molecule has 2 aliphatic rings. The average Bonchev–Trinajstić information content (AvgIpc) is 2.97. The van der Waals surface area contributed by atoms with Crippen LogP contribution in [0.3, 0.4) is 0 Å². The van der Waals surface area contributed by atoms with Crippen LogP contribution in [0.2, 0.25) is 0 Å². The molecule has 2 saturated carbocycles. The molecule has 0 aliphatic heterocycles. The van der Waals surface area contributed by atoms with E-state index in [1.54, 1.807) is 28.4 Å². The van der Waals surface area contributed by atoms with Crippen LogP contribution < -0.4 is 30.0 Å². The first kappa shape index (κ1) is 28.1. The number of hydrogen-bond donors (Lipinski definition) is 2. The maximum absolute atomic E-state index is 6.06. The summed E-state index contributed by atoms with van der Waals surface area (Å²) >= 11 is 0. The van der Waals surface area contributed by atoms with Gasteiger partial charge in [-0.15, -0.1) is 0 Å². The van der Waals surface area contributed by atoms with Crippen LogP contribution in [-0.4, -0.2) is 42.0 Å². The zero-order valence-electron chi connectivity index (χ0n) is 23.0. The van der Waals surface area contributed by atoms with Crippen molar-refractivity contribution in [2.45, 2.75) is 75.2 Å². The Morgan fingerprint density at radius 3 is 1.53 bits per heavy atom. The van der Waals surface area contributed by atoms with Crippen LogP contribution in [0, 0.1) is 0 Å². The molecule has 0 saturated heterocycles. The Balaban J connectivity index is 0.000000201. The van der Waals surface area contributed by atoms with E-state index in [-0.39, 0.29) is 11.0 Å². The minimum absolute atomic E-state index is 0.109. The third-order valence-corrected chi connectivity index (χ3v) is 8.32. The topological polar surface area (TPSA) is 75.0 Å². The van der Waals surface area contributed by atoms with Gasteiger partial charge < -0.3 is 30.0 Å². The Kier molecular flexibility index (Phi) is 10.3. The summed E-state index contributed by atoms with van der Waals surface area (Å²) in [7, 11) is 8.76. The van der Waals surface area contributed by atoms with Crippen LogP contribution in [0.1, 0.15) is 75.3 Å². The molecule has 3 N–H and O–H groups in total. The Labute approximate surface area is 217 Å². The molecule has 0 amide bonds. The van der Waals surface area contributed by atoms with Gasteiger partial charge in [0.15, 0.2) is 23.0 Å². The first-order chi connectivity index (χ1) is 17.5. The molecule has 36 heavy (non-hydrogen) atoms. The Bertz CT molecular complexity index is 872. The van der Waals surface area contributed by atoms with E-state index in [1.165, 1.54) is 75.3 Å². The highest BCUT2D eigenvalue weighted by molar-refractivity contribution is 5.46. The van der Waals surface area contributed by atoms with E-state index in [2.05, 4.69) is 36.6 Å². The van der Waals surface area contributed by atoms with Gasteiger partial charge in [0.2, 0.25) is 0 Å². The minimum Gasteiger partial charge on any atom is -0.493 e. The van der Waals surface area contributed by atoms with Gasteiger partial charge in [0.25, 0.3) is 0 Å². The molecule has 2 aliphatic carbocycles. The fourth-order valence-electron chi connectivity index (χ4n) is 5.98. The summed E-state index contributed by atoms with van der Waals surface area (Å²) in [4.78, 5) is 0. The average molecular weight is 499 g/mol. The SMILES string of the molecule is CNC1(c2ccc(OC)c(OC)c2)CCCCC1.COc1ccc(C2(CN)CCCCC2)cc1OC. The van der Waals surface area contributed by atoms with Crippen LogP contribution in [-0.2, 0) is 11.0 Å². The lowest BCUT2D eigenvalue weighted by atomic mass is 9.69. The van der Waals surface area contributed by atoms with E-state index in [0.717, 1.165) is 23.0 Å². The predicted molar refractivity (Wildman–Crippen MR) is 147 cm³/mol. The van der Waals surface area contributed by atoms with Gasteiger partial charge in [-0.1, -0.05) is 50.7 Å². The largest absolute Gasteiger partial charge is 0.493 e. The van der Waals surface area contributed by atoms with Crippen molar-refractivity contribution in [2.75, 3.05) is 42.0 Å². The Morgan fingerprint density at radius 2 is 1.08 bits per heavy atom. The number of hydrogen-bond acceptors (Lipinski definition) is 6. The molecule has 0 unspecified atom stereocenters. The van der Waals surface area contributed by atoms with Crippen molar-refractivity contribution >= 4 is 0 Å². The van der Waals surface area contributed by atoms with Crippen LogP contribution in [0.15, 0.2) is 36.4 Å². The number of benzene rings is 2. The van der Waals surface area contributed by atoms with Crippen molar-refractivity contribution in [2.24, 2.45) is 5.73 Å². The van der Waals surface area contributed by atoms with Crippen molar-refractivity contribution < 1.29 is 18.9 Å². The summed E-state index contributed by atoms with van der Waals surface area (Å²) < 4.78 is 21.4. The summed E-state index contributed by atoms with van der Waals surface area (Å²) in [6.07, 6.45) is 12.5. The monoisotopic (exact) mass is 498 g/mol. The lowest BCUT2D eigenvalue weighted by Gasteiger charge is -2.38. The van der Waals surface area contributed by atoms with Crippen LogP contribution in [0.4, 0.5) is 0 Å².